The van der Waals surface area contributed by atoms with Crippen LogP contribution in [0.15, 0.2) is 77.7 Å². The molecule has 2 N–H and O–H groups in total. The van der Waals surface area contributed by atoms with Crippen LogP contribution in [0.5, 0.6) is 0 Å². The van der Waals surface area contributed by atoms with Crippen molar-refractivity contribution >= 4 is 55.9 Å². The number of hydrogen-bond acceptors (Lipinski definition) is 5. The zero-order valence-corrected chi connectivity index (χ0v) is 17.7. The molecule has 0 aliphatic rings. The fourth-order valence-electron chi connectivity index (χ4n) is 2.43. The molecule has 3 rings (SSSR count). The van der Waals surface area contributed by atoms with Gasteiger partial charge < -0.3 is 15.2 Å². The van der Waals surface area contributed by atoms with Crippen molar-refractivity contribution in [3.8, 4) is 0 Å². The van der Waals surface area contributed by atoms with E-state index in [4.69, 9.17) is 0 Å². The second-order valence-corrected chi connectivity index (χ2v) is 8.89. The molecule has 0 aliphatic heterocycles. The molecule has 0 heterocycles. The minimum atomic E-state index is -3.87. The smallest absolute Gasteiger partial charge is 0.261 e. The summed E-state index contributed by atoms with van der Waals surface area (Å²) in [6.07, 6.45) is 0. The van der Waals surface area contributed by atoms with E-state index in [0.717, 1.165) is 3.57 Å². The van der Waals surface area contributed by atoms with E-state index in [9.17, 15) is 23.1 Å². The largest absolute Gasteiger partial charge is 0.545 e. The molecule has 0 bridgehead atoms. The minimum Gasteiger partial charge on any atom is -0.545 e. The topological polar surface area (TPSA) is 115 Å². The Labute approximate surface area is 181 Å². The molecular weight excluding hydrogens is 507 g/mol. The number of anilines is 2. The zero-order chi connectivity index (χ0) is 21.0. The Balaban J connectivity index is 1.78. The van der Waals surface area contributed by atoms with Crippen molar-refractivity contribution in [2.75, 3.05) is 10.0 Å². The fourth-order valence-corrected chi connectivity index (χ4v) is 3.89. The van der Waals surface area contributed by atoms with Gasteiger partial charge in [0.1, 0.15) is 0 Å². The molecule has 0 unspecified atom stereocenters. The highest BCUT2D eigenvalue weighted by Crippen LogP contribution is 2.19. The van der Waals surface area contributed by atoms with E-state index in [1.54, 1.807) is 24.3 Å². The lowest BCUT2D eigenvalue weighted by atomic mass is 10.2. The van der Waals surface area contributed by atoms with Crippen molar-refractivity contribution in [3.05, 3.63) is 87.5 Å². The first-order valence-electron chi connectivity index (χ1n) is 8.26. The summed E-state index contributed by atoms with van der Waals surface area (Å²) in [6, 6.07) is 17.9. The lowest BCUT2D eigenvalue weighted by molar-refractivity contribution is -0.255. The summed E-state index contributed by atoms with van der Waals surface area (Å²) in [7, 11) is -3.87. The van der Waals surface area contributed by atoms with Crippen LogP contribution in [0.1, 0.15) is 20.7 Å². The molecule has 0 fully saturated rings. The van der Waals surface area contributed by atoms with E-state index < -0.39 is 21.9 Å². The number of benzene rings is 3. The summed E-state index contributed by atoms with van der Waals surface area (Å²) in [6.45, 7) is 0. The van der Waals surface area contributed by atoms with Crippen molar-refractivity contribution in [3.63, 3.8) is 0 Å². The van der Waals surface area contributed by atoms with Gasteiger partial charge in [0.05, 0.1) is 10.9 Å². The van der Waals surface area contributed by atoms with E-state index >= 15 is 0 Å². The zero-order valence-electron chi connectivity index (χ0n) is 14.8. The first-order valence-corrected chi connectivity index (χ1v) is 10.8. The summed E-state index contributed by atoms with van der Waals surface area (Å²) in [5.41, 5.74) is 0.899. The van der Waals surface area contributed by atoms with Gasteiger partial charge in [0.15, 0.2) is 0 Å². The van der Waals surface area contributed by atoms with Crippen molar-refractivity contribution in [1.29, 1.82) is 0 Å². The number of hydrogen-bond donors (Lipinski definition) is 2. The SMILES string of the molecule is O=C([O-])c1ccc(NC(=O)c2cccc(S(=O)(=O)Nc3ccc(I)cc3)c2)cc1. The van der Waals surface area contributed by atoms with Crippen LogP contribution in [0.25, 0.3) is 0 Å². The molecule has 148 valence electrons. The Bertz CT molecular complexity index is 1160. The van der Waals surface area contributed by atoms with Gasteiger partial charge in [-0.05, 0) is 82.8 Å². The number of nitrogens with one attached hydrogen (secondary N) is 2. The van der Waals surface area contributed by atoms with Crippen molar-refractivity contribution < 1.29 is 23.1 Å². The van der Waals surface area contributed by atoms with Crippen LogP contribution in [0.2, 0.25) is 0 Å². The van der Waals surface area contributed by atoms with E-state index in [1.807, 2.05) is 0 Å². The van der Waals surface area contributed by atoms with Crippen LogP contribution in [0.4, 0.5) is 11.4 Å². The minimum absolute atomic E-state index is 0.0160. The van der Waals surface area contributed by atoms with Crippen LogP contribution < -0.4 is 15.1 Å². The maximum absolute atomic E-state index is 12.6. The Morgan fingerprint density at radius 2 is 1.45 bits per heavy atom. The van der Waals surface area contributed by atoms with Gasteiger partial charge >= 0.3 is 0 Å². The standard InChI is InChI=1S/C20H15IN2O5S/c21-15-6-10-17(11-7-15)23-29(27,28)18-3-1-2-14(12-18)19(24)22-16-8-4-13(5-9-16)20(25)26/h1-12,23H,(H,22,24)(H,25,26)/p-1. The number of carbonyl (C=O) groups is 2. The molecule has 0 atom stereocenters. The summed E-state index contributed by atoms with van der Waals surface area (Å²) in [5.74, 6) is -1.85. The molecule has 0 aliphatic carbocycles. The summed E-state index contributed by atoms with van der Waals surface area (Å²) in [4.78, 5) is 23.2. The Kier molecular flexibility index (Phi) is 6.18. The van der Waals surface area contributed by atoms with E-state index in [1.165, 1.54) is 48.5 Å². The van der Waals surface area contributed by atoms with Gasteiger partial charge in [-0.25, -0.2) is 8.42 Å². The molecule has 7 nitrogen and oxygen atoms in total. The Hall–Kier alpha value is -2.92. The summed E-state index contributed by atoms with van der Waals surface area (Å²) < 4.78 is 28.7. The maximum Gasteiger partial charge on any atom is 0.261 e. The lowest BCUT2D eigenvalue weighted by Crippen LogP contribution is -2.22. The molecule has 0 saturated carbocycles. The molecule has 0 spiro atoms. The molecule has 9 heteroatoms. The van der Waals surface area contributed by atoms with Gasteiger partial charge in [-0.2, -0.15) is 0 Å². The summed E-state index contributed by atoms with van der Waals surface area (Å²) >= 11 is 2.12. The van der Waals surface area contributed by atoms with E-state index in [-0.39, 0.29) is 16.0 Å². The average Bonchev–Trinajstić information content (AvgIpc) is 2.70. The molecule has 0 saturated heterocycles. The van der Waals surface area contributed by atoms with Crippen molar-refractivity contribution in [2.45, 2.75) is 4.90 Å². The molecule has 1 amide bonds. The number of aromatic carboxylic acids is 1. The van der Waals surface area contributed by atoms with Gasteiger partial charge in [-0.15, -0.1) is 0 Å². The van der Waals surface area contributed by atoms with E-state index in [0.29, 0.717) is 11.4 Å². The average molecular weight is 521 g/mol. The van der Waals surface area contributed by atoms with Gasteiger partial charge in [0.25, 0.3) is 15.9 Å². The number of carbonyl (C=O) groups excluding carboxylic acids is 2. The summed E-state index contributed by atoms with van der Waals surface area (Å²) in [5, 5.41) is 13.4. The van der Waals surface area contributed by atoms with Crippen LogP contribution in [0, 0.1) is 3.57 Å². The highest BCUT2D eigenvalue weighted by molar-refractivity contribution is 14.1. The molecule has 3 aromatic carbocycles. The Morgan fingerprint density at radius 1 is 0.828 bits per heavy atom. The molecule has 3 aromatic rings. The second kappa shape index (κ2) is 8.62. The van der Waals surface area contributed by atoms with Crippen molar-refractivity contribution in [1.82, 2.24) is 0 Å². The number of carboxylic acid groups (broad SMARTS) is 1. The molecule has 0 radical (unpaired) electrons. The van der Waals surface area contributed by atoms with Crippen LogP contribution >= 0.6 is 22.6 Å². The van der Waals surface area contributed by atoms with Gasteiger partial charge in [-0.1, -0.05) is 18.2 Å². The molecular formula is C20H14IN2O5S-. The maximum atomic E-state index is 12.6. The number of rotatable bonds is 6. The van der Waals surface area contributed by atoms with Crippen LogP contribution in [0.3, 0.4) is 0 Å². The second-order valence-electron chi connectivity index (χ2n) is 5.96. The lowest BCUT2D eigenvalue weighted by Gasteiger charge is -2.10. The first-order chi connectivity index (χ1) is 13.7. The van der Waals surface area contributed by atoms with Crippen molar-refractivity contribution in [2.24, 2.45) is 0 Å². The third-order valence-corrected chi connectivity index (χ3v) is 5.98. The van der Waals surface area contributed by atoms with Crippen LogP contribution in [-0.2, 0) is 10.0 Å². The monoisotopic (exact) mass is 521 g/mol. The van der Waals surface area contributed by atoms with Gasteiger partial charge in [-0.3, -0.25) is 9.52 Å². The Morgan fingerprint density at radius 3 is 2.07 bits per heavy atom. The number of amides is 1. The third kappa shape index (κ3) is 5.33. The number of sulfonamides is 1. The number of carboxylic acids is 1. The predicted molar refractivity (Wildman–Crippen MR) is 115 cm³/mol. The molecule has 29 heavy (non-hydrogen) atoms. The molecule has 0 aromatic heterocycles. The quantitative estimate of drug-likeness (QED) is 0.485. The highest BCUT2D eigenvalue weighted by atomic mass is 127. The fraction of sp³-hybridized carbons (Fsp3) is 0. The predicted octanol–water partition coefficient (Wildman–Crippen LogP) is 2.71. The third-order valence-electron chi connectivity index (χ3n) is 3.88. The normalized spacial score (nSPS) is 10.9. The van der Waals surface area contributed by atoms with E-state index in [2.05, 4.69) is 32.6 Å². The van der Waals surface area contributed by atoms with Gasteiger partial charge in [0, 0.05) is 20.5 Å². The number of halogens is 1. The van der Waals surface area contributed by atoms with Crippen LogP contribution in [-0.4, -0.2) is 20.3 Å². The highest BCUT2D eigenvalue weighted by Gasteiger charge is 2.17. The first kappa shape index (κ1) is 20.8. The van der Waals surface area contributed by atoms with Gasteiger partial charge in [0.2, 0.25) is 0 Å².